The van der Waals surface area contributed by atoms with Gasteiger partial charge in [-0.05, 0) is 62.7 Å². The Balaban J connectivity index is 1.20. The number of carbonyl (C=O) groups is 1. The highest BCUT2D eigenvalue weighted by molar-refractivity contribution is 7.99. The van der Waals surface area contributed by atoms with E-state index in [4.69, 9.17) is 10.7 Å². The zero-order valence-corrected chi connectivity index (χ0v) is 23.5. The lowest BCUT2D eigenvalue weighted by molar-refractivity contribution is -0.138. The summed E-state index contributed by atoms with van der Waals surface area (Å²) >= 11 is 1.67. The molecule has 0 saturated carbocycles. The summed E-state index contributed by atoms with van der Waals surface area (Å²) in [6.45, 7) is 6.08. The number of aromatic nitrogens is 4. The van der Waals surface area contributed by atoms with E-state index in [1.54, 1.807) is 36.3 Å². The van der Waals surface area contributed by atoms with E-state index in [1.807, 2.05) is 11.0 Å². The predicted molar refractivity (Wildman–Crippen MR) is 149 cm³/mol. The summed E-state index contributed by atoms with van der Waals surface area (Å²) in [6, 6.07) is 5.44. The standard InChI is InChI=1S/C26H35N7O3S2/c1-3-37-26-30-22-14-21(38(2,35)36)4-5-23(22)33(26)20-8-12-32(13-9-20)24(34)19-6-10-31(11-7-19)17-18-15-28-25(27)29-16-18/h4-5,14-16,19-20H,3,6-13,17H2,1-2H3,(H2,27,28,29). The number of piperidine rings is 2. The van der Waals surface area contributed by atoms with Crippen LogP contribution in [0.4, 0.5) is 5.95 Å². The molecule has 2 saturated heterocycles. The van der Waals surface area contributed by atoms with Gasteiger partial charge in [0.1, 0.15) is 0 Å². The summed E-state index contributed by atoms with van der Waals surface area (Å²) in [7, 11) is -3.30. The number of sulfone groups is 1. The molecule has 0 atom stereocenters. The Morgan fingerprint density at radius 1 is 1.08 bits per heavy atom. The number of fused-ring (bicyclic) bond motifs is 1. The van der Waals surface area contributed by atoms with E-state index in [-0.39, 0.29) is 28.7 Å². The van der Waals surface area contributed by atoms with Crippen LogP contribution in [-0.2, 0) is 21.2 Å². The number of hydrogen-bond donors (Lipinski definition) is 1. The molecule has 3 aromatic rings. The minimum absolute atomic E-state index is 0.0696. The van der Waals surface area contributed by atoms with Crippen molar-refractivity contribution < 1.29 is 13.2 Å². The van der Waals surface area contributed by atoms with E-state index < -0.39 is 9.84 Å². The van der Waals surface area contributed by atoms with Crippen LogP contribution < -0.4 is 5.73 Å². The number of hydrogen-bond acceptors (Lipinski definition) is 9. The fourth-order valence-electron chi connectivity index (χ4n) is 5.52. The second-order valence-electron chi connectivity index (χ2n) is 10.2. The molecule has 4 heterocycles. The summed E-state index contributed by atoms with van der Waals surface area (Å²) in [4.78, 5) is 30.9. The largest absolute Gasteiger partial charge is 0.368 e. The van der Waals surface area contributed by atoms with Gasteiger partial charge in [-0.15, -0.1) is 0 Å². The van der Waals surface area contributed by atoms with E-state index >= 15 is 0 Å². The third kappa shape index (κ3) is 5.81. The smallest absolute Gasteiger partial charge is 0.225 e. The van der Waals surface area contributed by atoms with Crippen molar-refractivity contribution in [2.24, 2.45) is 5.92 Å². The quantitative estimate of drug-likeness (QED) is 0.436. The maximum atomic E-state index is 13.4. The maximum Gasteiger partial charge on any atom is 0.225 e. The number of nitrogen functional groups attached to an aromatic ring is 1. The second kappa shape index (κ2) is 11.2. The zero-order chi connectivity index (χ0) is 26.9. The molecule has 2 fully saturated rings. The molecular weight excluding hydrogens is 522 g/mol. The van der Waals surface area contributed by atoms with E-state index in [0.717, 1.165) is 80.4 Å². The molecule has 12 heteroatoms. The summed E-state index contributed by atoms with van der Waals surface area (Å²) in [6.07, 6.45) is 8.20. The highest BCUT2D eigenvalue weighted by Crippen LogP contribution is 2.34. The van der Waals surface area contributed by atoms with Crippen molar-refractivity contribution in [3.63, 3.8) is 0 Å². The van der Waals surface area contributed by atoms with E-state index in [1.165, 1.54) is 6.26 Å². The predicted octanol–water partition coefficient (Wildman–Crippen LogP) is 3.00. The number of anilines is 1. The Kier molecular flexibility index (Phi) is 7.92. The van der Waals surface area contributed by atoms with Gasteiger partial charge in [0, 0.05) is 55.8 Å². The van der Waals surface area contributed by atoms with Crippen molar-refractivity contribution in [1.29, 1.82) is 0 Å². The number of benzene rings is 1. The summed E-state index contributed by atoms with van der Waals surface area (Å²) in [5, 5.41) is 0.914. The van der Waals surface area contributed by atoms with Crippen molar-refractivity contribution in [2.45, 2.75) is 55.2 Å². The second-order valence-corrected chi connectivity index (χ2v) is 13.4. The fourth-order valence-corrected chi connectivity index (χ4v) is 6.96. The number of nitrogens with two attached hydrogens (primary N) is 1. The topological polar surface area (TPSA) is 127 Å². The first-order valence-electron chi connectivity index (χ1n) is 13.2. The molecule has 1 amide bonds. The van der Waals surface area contributed by atoms with Gasteiger partial charge in [0.05, 0.1) is 15.9 Å². The normalized spacial score (nSPS) is 18.3. The SMILES string of the molecule is CCSc1nc2cc(S(C)(=O)=O)ccc2n1C1CCN(C(=O)C2CCN(Cc3cnc(N)nc3)CC2)CC1. The van der Waals surface area contributed by atoms with Crippen LogP contribution in [0, 0.1) is 5.92 Å². The van der Waals surface area contributed by atoms with Gasteiger partial charge in [-0.25, -0.2) is 23.4 Å². The molecule has 10 nitrogen and oxygen atoms in total. The van der Waals surface area contributed by atoms with E-state index in [9.17, 15) is 13.2 Å². The molecule has 2 aliphatic rings. The van der Waals surface area contributed by atoms with Crippen LogP contribution in [0.2, 0.25) is 0 Å². The summed E-state index contributed by atoms with van der Waals surface area (Å²) in [5.41, 5.74) is 8.28. The molecule has 5 rings (SSSR count). The average Bonchev–Trinajstić information content (AvgIpc) is 3.27. The van der Waals surface area contributed by atoms with Gasteiger partial charge in [-0.1, -0.05) is 18.7 Å². The van der Waals surface area contributed by atoms with Gasteiger partial charge < -0.3 is 15.2 Å². The Morgan fingerprint density at radius 3 is 2.39 bits per heavy atom. The molecule has 0 aliphatic carbocycles. The number of thioether (sulfide) groups is 1. The van der Waals surface area contributed by atoms with E-state index in [0.29, 0.717) is 5.52 Å². The molecule has 204 valence electrons. The van der Waals surface area contributed by atoms with Gasteiger partial charge in [0.25, 0.3) is 0 Å². The fraction of sp³-hybridized carbons (Fsp3) is 0.538. The van der Waals surface area contributed by atoms with Gasteiger partial charge in [-0.3, -0.25) is 9.69 Å². The summed E-state index contributed by atoms with van der Waals surface area (Å²) in [5.74, 6) is 1.50. The molecule has 2 N–H and O–H groups in total. The minimum Gasteiger partial charge on any atom is -0.368 e. The number of amides is 1. The molecule has 2 aliphatic heterocycles. The van der Waals surface area contributed by atoms with Crippen molar-refractivity contribution in [2.75, 3.05) is 43.9 Å². The first-order valence-corrected chi connectivity index (χ1v) is 16.0. The van der Waals surface area contributed by atoms with Gasteiger partial charge in [0.2, 0.25) is 11.9 Å². The number of rotatable bonds is 7. The first-order chi connectivity index (χ1) is 18.2. The molecular formula is C26H35N7O3S2. The van der Waals surface area contributed by atoms with Crippen molar-refractivity contribution in [3.8, 4) is 0 Å². The maximum absolute atomic E-state index is 13.4. The first kappa shape index (κ1) is 26.9. The van der Waals surface area contributed by atoms with Crippen LogP contribution in [0.15, 0.2) is 40.6 Å². The third-order valence-electron chi connectivity index (χ3n) is 7.54. The van der Waals surface area contributed by atoms with Crippen LogP contribution >= 0.6 is 11.8 Å². The average molecular weight is 558 g/mol. The number of likely N-dealkylation sites (tertiary alicyclic amines) is 2. The zero-order valence-electron chi connectivity index (χ0n) is 21.9. The molecule has 0 bridgehead atoms. The lowest BCUT2D eigenvalue weighted by Gasteiger charge is -2.38. The van der Waals surface area contributed by atoms with Crippen molar-refractivity contribution in [1.82, 2.24) is 29.3 Å². The number of nitrogens with zero attached hydrogens (tertiary/aromatic N) is 6. The highest BCUT2D eigenvalue weighted by Gasteiger charge is 2.32. The van der Waals surface area contributed by atoms with Crippen LogP contribution in [0.25, 0.3) is 11.0 Å². The molecule has 0 unspecified atom stereocenters. The molecule has 0 spiro atoms. The van der Waals surface area contributed by atoms with Crippen LogP contribution in [-0.4, -0.2) is 81.8 Å². The molecule has 0 radical (unpaired) electrons. The van der Waals surface area contributed by atoms with Crippen LogP contribution in [0.5, 0.6) is 0 Å². The Bertz CT molecular complexity index is 1390. The number of carbonyl (C=O) groups excluding carboxylic acids is 1. The third-order valence-corrected chi connectivity index (χ3v) is 9.48. The minimum atomic E-state index is -3.30. The molecule has 38 heavy (non-hydrogen) atoms. The molecule has 1 aromatic carbocycles. The van der Waals surface area contributed by atoms with Gasteiger partial charge >= 0.3 is 0 Å². The van der Waals surface area contributed by atoms with Crippen LogP contribution in [0.1, 0.15) is 44.2 Å². The Labute approximate surface area is 227 Å². The lowest BCUT2D eigenvalue weighted by atomic mass is 9.93. The Morgan fingerprint density at radius 2 is 1.76 bits per heavy atom. The van der Waals surface area contributed by atoms with E-state index in [2.05, 4.69) is 26.4 Å². The van der Waals surface area contributed by atoms with Crippen molar-refractivity contribution in [3.05, 3.63) is 36.2 Å². The van der Waals surface area contributed by atoms with Gasteiger partial charge in [-0.2, -0.15) is 0 Å². The Hall–Kier alpha value is -2.70. The van der Waals surface area contributed by atoms with Crippen molar-refractivity contribution >= 4 is 44.5 Å². The number of imidazole rings is 1. The monoisotopic (exact) mass is 557 g/mol. The highest BCUT2D eigenvalue weighted by atomic mass is 32.2. The molecule has 2 aromatic heterocycles. The summed E-state index contributed by atoms with van der Waals surface area (Å²) < 4.78 is 26.4. The van der Waals surface area contributed by atoms with Crippen LogP contribution in [0.3, 0.4) is 0 Å². The van der Waals surface area contributed by atoms with Gasteiger partial charge in [0.15, 0.2) is 15.0 Å². The lowest BCUT2D eigenvalue weighted by Crippen LogP contribution is -2.45.